The highest BCUT2D eigenvalue weighted by molar-refractivity contribution is 7.15. The molecule has 100 valence electrons. The van der Waals surface area contributed by atoms with Gasteiger partial charge in [-0.1, -0.05) is 6.07 Å². The van der Waals surface area contributed by atoms with Crippen molar-refractivity contribution in [2.75, 3.05) is 5.32 Å². The molecule has 0 unspecified atom stereocenters. The van der Waals surface area contributed by atoms with Crippen LogP contribution in [-0.4, -0.2) is 14.9 Å². The van der Waals surface area contributed by atoms with Crippen LogP contribution in [0.5, 0.6) is 0 Å². The maximum Gasteiger partial charge on any atom is 0.271 e. The molecule has 0 spiro atoms. The standard InChI is InChI=1S/C12H8N4O2S2/c17-16(18)9-3-1-2-8(6-9)14-12-15-10(7-20-12)11-13-4-5-19-11/h1-7H,(H,14,15). The van der Waals surface area contributed by atoms with Crippen molar-refractivity contribution in [1.29, 1.82) is 0 Å². The zero-order valence-corrected chi connectivity index (χ0v) is 11.6. The fourth-order valence-electron chi connectivity index (χ4n) is 1.60. The van der Waals surface area contributed by atoms with Crippen molar-refractivity contribution in [3.8, 4) is 10.7 Å². The van der Waals surface area contributed by atoms with Gasteiger partial charge in [-0.05, 0) is 6.07 Å². The minimum Gasteiger partial charge on any atom is -0.331 e. The zero-order chi connectivity index (χ0) is 13.9. The van der Waals surface area contributed by atoms with E-state index in [0.29, 0.717) is 10.8 Å². The maximum atomic E-state index is 10.7. The summed E-state index contributed by atoms with van der Waals surface area (Å²) in [6, 6.07) is 6.33. The molecule has 0 fully saturated rings. The van der Waals surface area contributed by atoms with Crippen LogP contribution in [0.2, 0.25) is 0 Å². The predicted molar refractivity (Wildman–Crippen MR) is 79.6 cm³/mol. The van der Waals surface area contributed by atoms with Crippen LogP contribution in [0.25, 0.3) is 10.7 Å². The van der Waals surface area contributed by atoms with Gasteiger partial charge in [-0.2, -0.15) is 0 Å². The highest BCUT2D eigenvalue weighted by Gasteiger charge is 2.09. The summed E-state index contributed by atoms with van der Waals surface area (Å²) in [6.45, 7) is 0. The number of benzene rings is 1. The Labute approximate surface area is 121 Å². The quantitative estimate of drug-likeness (QED) is 0.583. The Balaban J connectivity index is 1.81. The third kappa shape index (κ3) is 2.65. The molecule has 0 aliphatic carbocycles. The molecule has 3 aromatic rings. The molecule has 0 saturated carbocycles. The number of nitrogens with one attached hydrogen (secondary N) is 1. The highest BCUT2D eigenvalue weighted by atomic mass is 32.1. The number of nitro groups is 1. The van der Waals surface area contributed by atoms with E-state index in [1.54, 1.807) is 18.3 Å². The molecule has 8 heteroatoms. The van der Waals surface area contributed by atoms with Crippen LogP contribution in [0.15, 0.2) is 41.2 Å². The SMILES string of the molecule is O=[N+]([O-])c1cccc(Nc2nc(-c3nccs3)cs2)c1. The highest BCUT2D eigenvalue weighted by Crippen LogP contribution is 2.29. The van der Waals surface area contributed by atoms with Crippen molar-refractivity contribution >= 4 is 39.2 Å². The number of rotatable bonds is 4. The number of anilines is 2. The van der Waals surface area contributed by atoms with Gasteiger partial charge in [0.05, 0.1) is 4.92 Å². The number of aromatic nitrogens is 2. The van der Waals surface area contributed by atoms with Gasteiger partial charge in [0.15, 0.2) is 5.13 Å². The summed E-state index contributed by atoms with van der Waals surface area (Å²) in [5.41, 5.74) is 1.49. The number of hydrogen-bond acceptors (Lipinski definition) is 7. The minimum atomic E-state index is -0.423. The topological polar surface area (TPSA) is 81.0 Å². The second kappa shape index (κ2) is 5.35. The molecule has 3 rings (SSSR count). The first kappa shape index (κ1) is 12.7. The molecule has 6 nitrogen and oxygen atoms in total. The Morgan fingerprint density at radius 3 is 2.95 bits per heavy atom. The average Bonchev–Trinajstić information content (AvgIpc) is 3.09. The first-order valence-corrected chi connectivity index (χ1v) is 7.35. The summed E-state index contributed by atoms with van der Waals surface area (Å²) in [5, 5.41) is 19.1. The largest absolute Gasteiger partial charge is 0.331 e. The number of non-ortho nitro benzene ring substituents is 1. The van der Waals surface area contributed by atoms with Gasteiger partial charge in [-0.25, -0.2) is 9.97 Å². The van der Waals surface area contributed by atoms with E-state index in [1.165, 1.54) is 34.8 Å². The van der Waals surface area contributed by atoms with Gasteiger partial charge in [-0.3, -0.25) is 10.1 Å². The van der Waals surface area contributed by atoms with Crippen LogP contribution in [-0.2, 0) is 0 Å². The Morgan fingerprint density at radius 2 is 2.20 bits per heavy atom. The van der Waals surface area contributed by atoms with Crippen LogP contribution < -0.4 is 5.32 Å². The van der Waals surface area contributed by atoms with Crippen molar-refractivity contribution in [1.82, 2.24) is 9.97 Å². The lowest BCUT2D eigenvalue weighted by molar-refractivity contribution is -0.384. The molecule has 0 atom stereocenters. The van der Waals surface area contributed by atoms with E-state index in [2.05, 4.69) is 15.3 Å². The molecular formula is C12H8N4O2S2. The Morgan fingerprint density at radius 1 is 1.30 bits per heavy atom. The lowest BCUT2D eigenvalue weighted by Gasteiger charge is -2.01. The molecule has 2 heterocycles. The average molecular weight is 304 g/mol. The molecule has 1 N–H and O–H groups in total. The van der Waals surface area contributed by atoms with Crippen molar-refractivity contribution in [3.63, 3.8) is 0 Å². The molecule has 0 saturated heterocycles. The zero-order valence-electron chi connectivity index (χ0n) is 10.0. The van der Waals surface area contributed by atoms with E-state index in [9.17, 15) is 10.1 Å². The number of nitro benzene ring substituents is 1. The minimum absolute atomic E-state index is 0.0479. The van der Waals surface area contributed by atoms with Gasteiger partial charge in [-0.15, -0.1) is 22.7 Å². The molecule has 1 aromatic carbocycles. The summed E-state index contributed by atoms with van der Waals surface area (Å²) in [7, 11) is 0. The first-order chi connectivity index (χ1) is 9.72. The van der Waals surface area contributed by atoms with E-state index in [4.69, 9.17) is 0 Å². The smallest absolute Gasteiger partial charge is 0.271 e. The van der Waals surface area contributed by atoms with Gasteiger partial charge in [0.1, 0.15) is 10.7 Å². The van der Waals surface area contributed by atoms with Gasteiger partial charge >= 0.3 is 0 Å². The van der Waals surface area contributed by atoms with Crippen molar-refractivity contribution < 1.29 is 4.92 Å². The molecule has 0 aliphatic heterocycles. The van der Waals surface area contributed by atoms with Crippen molar-refractivity contribution in [2.24, 2.45) is 0 Å². The first-order valence-electron chi connectivity index (χ1n) is 5.59. The summed E-state index contributed by atoms with van der Waals surface area (Å²) < 4.78 is 0. The predicted octanol–water partition coefficient (Wildman–Crippen LogP) is 3.92. The molecule has 2 aromatic heterocycles. The van der Waals surface area contributed by atoms with Gasteiger partial charge in [0.25, 0.3) is 5.69 Å². The summed E-state index contributed by atoms with van der Waals surface area (Å²) in [5.74, 6) is 0. The number of hydrogen-bond donors (Lipinski definition) is 1. The molecule has 20 heavy (non-hydrogen) atoms. The van der Waals surface area contributed by atoms with Gasteiger partial charge in [0, 0.05) is 34.8 Å². The Kier molecular flexibility index (Phi) is 3.40. The fourth-order valence-corrected chi connectivity index (χ4v) is 2.99. The van der Waals surface area contributed by atoms with Crippen molar-refractivity contribution in [3.05, 3.63) is 51.3 Å². The molecule has 0 aliphatic rings. The van der Waals surface area contributed by atoms with Crippen molar-refractivity contribution in [2.45, 2.75) is 0 Å². The lowest BCUT2D eigenvalue weighted by atomic mass is 10.3. The summed E-state index contributed by atoms with van der Waals surface area (Å²) in [6.07, 6.45) is 1.73. The second-order valence-electron chi connectivity index (χ2n) is 3.81. The third-order valence-electron chi connectivity index (χ3n) is 2.46. The van der Waals surface area contributed by atoms with Gasteiger partial charge < -0.3 is 5.32 Å². The van der Waals surface area contributed by atoms with E-state index < -0.39 is 4.92 Å². The molecule has 0 bridgehead atoms. The van der Waals surface area contributed by atoms with Crippen LogP contribution >= 0.6 is 22.7 Å². The monoisotopic (exact) mass is 304 g/mol. The molecule has 0 radical (unpaired) electrons. The Bertz CT molecular complexity index is 740. The van der Waals surface area contributed by atoms with E-state index >= 15 is 0 Å². The lowest BCUT2D eigenvalue weighted by Crippen LogP contribution is -1.92. The third-order valence-corrected chi connectivity index (χ3v) is 4.02. The van der Waals surface area contributed by atoms with Crippen LogP contribution in [0.4, 0.5) is 16.5 Å². The van der Waals surface area contributed by atoms with E-state index in [1.807, 2.05) is 10.8 Å². The van der Waals surface area contributed by atoms with Gasteiger partial charge in [0.2, 0.25) is 0 Å². The van der Waals surface area contributed by atoms with Crippen LogP contribution in [0, 0.1) is 10.1 Å². The normalized spacial score (nSPS) is 10.4. The fraction of sp³-hybridized carbons (Fsp3) is 0. The molecule has 0 amide bonds. The maximum absolute atomic E-state index is 10.7. The van der Waals surface area contributed by atoms with E-state index in [0.717, 1.165) is 10.7 Å². The Hall–Kier alpha value is -2.32. The van der Waals surface area contributed by atoms with E-state index in [-0.39, 0.29) is 5.69 Å². The number of thiazole rings is 2. The second-order valence-corrected chi connectivity index (χ2v) is 5.56. The summed E-state index contributed by atoms with van der Waals surface area (Å²) in [4.78, 5) is 18.9. The summed E-state index contributed by atoms with van der Waals surface area (Å²) >= 11 is 2.95. The van der Waals surface area contributed by atoms with Crippen LogP contribution in [0.3, 0.4) is 0 Å². The van der Waals surface area contributed by atoms with Crippen LogP contribution in [0.1, 0.15) is 0 Å². The molecular weight excluding hydrogens is 296 g/mol. The number of nitrogens with zero attached hydrogens (tertiary/aromatic N) is 3.